The molecule has 2 fully saturated rings. The Kier molecular flexibility index (Phi) is 7.85. The van der Waals surface area contributed by atoms with Crippen molar-refractivity contribution in [3.8, 4) is 0 Å². The van der Waals surface area contributed by atoms with Gasteiger partial charge in [0.05, 0.1) is 12.5 Å². The first kappa shape index (κ1) is 22.3. The van der Waals surface area contributed by atoms with Crippen molar-refractivity contribution < 1.29 is 14.4 Å². The molecule has 30 heavy (non-hydrogen) atoms. The maximum absolute atomic E-state index is 13.0. The topological polar surface area (TPSA) is 73.0 Å². The second kappa shape index (κ2) is 10.6. The van der Waals surface area contributed by atoms with Gasteiger partial charge in [-0.15, -0.1) is 0 Å². The summed E-state index contributed by atoms with van der Waals surface area (Å²) in [6.07, 6.45) is 1.74. The van der Waals surface area contributed by atoms with E-state index >= 15 is 0 Å². The van der Waals surface area contributed by atoms with E-state index in [1.165, 1.54) is 0 Å². The summed E-state index contributed by atoms with van der Waals surface area (Å²) in [5.41, 5.74) is 1.08. The number of hydrogen-bond acceptors (Lipinski definition) is 4. The predicted molar refractivity (Wildman–Crippen MR) is 115 cm³/mol. The minimum Gasteiger partial charge on any atom is -0.351 e. The highest BCUT2D eigenvalue weighted by molar-refractivity contribution is 5.82. The molecule has 2 aliphatic heterocycles. The largest absolute Gasteiger partial charge is 0.351 e. The Labute approximate surface area is 179 Å². The van der Waals surface area contributed by atoms with Gasteiger partial charge in [-0.05, 0) is 18.4 Å². The van der Waals surface area contributed by atoms with Crippen LogP contribution in [0.25, 0.3) is 0 Å². The number of benzene rings is 1. The average Bonchev–Trinajstić information content (AvgIpc) is 2.78. The lowest BCUT2D eigenvalue weighted by atomic mass is 9.95. The number of nitrogens with one attached hydrogen (secondary N) is 1. The van der Waals surface area contributed by atoms with Crippen LogP contribution in [0.3, 0.4) is 0 Å². The first-order valence-electron chi connectivity index (χ1n) is 11.0. The van der Waals surface area contributed by atoms with Crippen molar-refractivity contribution >= 4 is 17.7 Å². The van der Waals surface area contributed by atoms with Gasteiger partial charge in [-0.1, -0.05) is 44.2 Å². The minimum absolute atomic E-state index is 0.00810. The van der Waals surface area contributed by atoms with Gasteiger partial charge < -0.3 is 15.1 Å². The fourth-order valence-electron chi connectivity index (χ4n) is 4.18. The van der Waals surface area contributed by atoms with Crippen LogP contribution in [0.1, 0.15) is 32.3 Å². The van der Waals surface area contributed by atoms with Crippen LogP contribution in [-0.4, -0.2) is 78.2 Å². The Morgan fingerprint density at radius 2 is 1.70 bits per heavy atom. The Hall–Kier alpha value is -2.41. The number of amides is 3. The summed E-state index contributed by atoms with van der Waals surface area (Å²) in [5, 5.41) is 2.96. The van der Waals surface area contributed by atoms with Crippen LogP contribution < -0.4 is 5.32 Å². The second-order valence-electron chi connectivity index (χ2n) is 8.64. The molecule has 7 nitrogen and oxygen atoms in total. The van der Waals surface area contributed by atoms with E-state index in [0.717, 1.165) is 24.9 Å². The molecule has 0 bridgehead atoms. The van der Waals surface area contributed by atoms with E-state index in [4.69, 9.17) is 0 Å². The molecule has 164 valence electrons. The summed E-state index contributed by atoms with van der Waals surface area (Å²) in [6, 6.07) is 9.86. The van der Waals surface area contributed by atoms with E-state index in [1.54, 1.807) is 0 Å². The van der Waals surface area contributed by atoms with Crippen LogP contribution in [0.5, 0.6) is 0 Å². The number of hydrogen-bond donors (Lipinski definition) is 1. The van der Waals surface area contributed by atoms with E-state index in [9.17, 15) is 14.4 Å². The monoisotopic (exact) mass is 414 g/mol. The number of rotatable bonds is 6. The van der Waals surface area contributed by atoms with E-state index in [-0.39, 0.29) is 29.6 Å². The highest BCUT2D eigenvalue weighted by atomic mass is 16.2. The molecule has 1 aromatic rings. The van der Waals surface area contributed by atoms with Gasteiger partial charge in [-0.25, -0.2) is 0 Å². The summed E-state index contributed by atoms with van der Waals surface area (Å²) >= 11 is 0. The van der Waals surface area contributed by atoms with Gasteiger partial charge in [0.1, 0.15) is 0 Å². The smallest absolute Gasteiger partial charge is 0.234 e. The van der Waals surface area contributed by atoms with E-state index in [0.29, 0.717) is 45.8 Å². The molecule has 1 aromatic carbocycles. The van der Waals surface area contributed by atoms with Crippen LogP contribution in [0, 0.1) is 11.8 Å². The summed E-state index contributed by atoms with van der Waals surface area (Å²) in [7, 11) is 0. The van der Waals surface area contributed by atoms with Crippen molar-refractivity contribution in [3.63, 3.8) is 0 Å². The molecule has 1 N–H and O–H groups in total. The van der Waals surface area contributed by atoms with Gasteiger partial charge in [-0.3, -0.25) is 19.3 Å². The molecular formula is C23H34N4O3. The number of likely N-dealkylation sites (tertiary alicyclic amines) is 1. The number of carbonyl (C=O) groups excluding carboxylic acids is 3. The molecule has 0 spiro atoms. The van der Waals surface area contributed by atoms with Crippen LogP contribution in [0.2, 0.25) is 0 Å². The minimum atomic E-state index is -0.0952. The zero-order valence-corrected chi connectivity index (χ0v) is 18.2. The van der Waals surface area contributed by atoms with Gasteiger partial charge in [-0.2, -0.15) is 0 Å². The van der Waals surface area contributed by atoms with Crippen molar-refractivity contribution in [1.29, 1.82) is 0 Å². The lowest BCUT2D eigenvalue weighted by Gasteiger charge is -2.39. The van der Waals surface area contributed by atoms with Gasteiger partial charge in [0.25, 0.3) is 0 Å². The molecule has 1 atom stereocenters. The molecule has 2 saturated heterocycles. The zero-order chi connectivity index (χ0) is 21.5. The van der Waals surface area contributed by atoms with Crippen molar-refractivity contribution in [2.24, 2.45) is 11.8 Å². The van der Waals surface area contributed by atoms with Crippen molar-refractivity contribution in [1.82, 2.24) is 20.0 Å². The van der Waals surface area contributed by atoms with Crippen molar-refractivity contribution in [2.75, 3.05) is 45.8 Å². The third-order valence-corrected chi connectivity index (χ3v) is 5.96. The van der Waals surface area contributed by atoms with Crippen molar-refractivity contribution in [2.45, 2.75) is 33.2 Å². The maximum Gasteiger partial charge on any atom is 0.234 e. The molecule has 3 amide bonds. The highest BCUT2D eigenvalue weighted by Gasteiger charge is 2.33. The molecule has 1 unspecified atom stereocenters. The van der Waals surface area contributed by atoms with Gasteiger partial charge >= 0.3 is 0 Å². The summed E-state index contributed by atoms with van der Waals surface area (Å²) < 4.78 is 0. The summed E-state index contributed by atoms with van der Waals surface area (Å²) in [4.78, 5) is 43.3. The zero-order valence-electron chi connectivity index (χ0n) is 18.2. The van der Waals surface area contributed by atoms with Crippen LogP contribution in [-0.2, 0) is 20.9 Å². The average molecular weight is 415 g/mol. The lowest BCUT2D eigenvalue weighted by molar-refractivity contribution is -0.143. The van der Waals surface area contributed by atoms with Gasteiger partial charge in [0, 0.05) is 51.7 Å². The van der Waals surface area contributed by atoms with Gasteiger partial charge in [0.2, 0.25) is 17.7 Å². The Bertz CT molecular complexity index is 729. The molecule has 3 rings (SSSR count). The van der Waals surface area contributed by atoms with E-state index in [2.05, 4.69) is 10.2 Å². The number of piperazine rings is 1. The predicted octanol–water partition coefficient (Wildman–Crippen LogP) is 1.34. The first-order chi connectivity index (χ1) is 14.4. The number of piperidine rings is 1. The molecule has 2 heterocycles. The quantitative estimate of drug-likeness (QED) is 0.763. The fourth-order valence-corrected chi connectivity index (χ4v) is 4.18. The Morgan fingerprint density at radius 3 is 2.37 bits per heavy atom. The summed E-state index contributed by atoms with van der Waals surface area (Å²) in [6.45, 7) is 8.67. The normalized spacial score (nSPS) is 20.3. The molecule has 2 aliphatic rings. The Balaban J connectivity index is 1.40. The molecule has 7 heteroatoms. The molecule has 0 saturated carbocycles. The molecule has 0 radical (unpaired) electrons. The van der Waals surface area contributed by atoms with Crippen LogP contribution in [0.4, 0.5) is 0 Å². The first-order valence-corrected chi connectivity index (χ1v) is 11.0. The van der Waals surface area contributed by atoms with Crippen LogP contribution >= 0.6 is 0 Å². The summed E-state index contributed by atoms with van der Waals surface area (Å²) in [5.74, 6) is 0.176. The fraction of sp³-hybridized carbons (Fsp3) is 0.609. The number of nitrogens with zero attached hydrogens (tertiary/aromatic N) is 3. The maximum atomic E-state index is 13.0. The molecule has 0 aromatic heterocycles. The van der Waals surface area contributed by atoms with Gasteiger partial charge in [0.15, 0.2) is 0 Å². The standard InChI is InChI=1S/C23H34N4O3/c1-18(2)22(29)27-10-6-9-20(16-27)23(30)26-13-11-25(12-14-26)17-21(28)24-15-19-7-4-3-5-8-19/h3-5,7-8,18,20H,6,9-17H2,1-2H3,(H,24,28). The van der Waals surface area contributed by atoms with E-state index in [1.807, 2.05) is 54.0 Å². The van der Waals surface area contributed by atoms with Crippen LogP contribution in [0.15, 0.2) is 30.3 Å². The third kappa shape index (κ3) is 6.05. The highest BCUT2D eigenvalue weighted by Crippen LogP contribution is 2.21. The second-order valence-corrected chi connectivity index (χ2v) is 8.64. The Morgan fingerprint density at radius 1 is 1.00 bits per heavy atom. The SMILES string of the molecule is CC(C)C(=O)N1CCCC(C(=O)N2CCN(CC(=O)NCc3ccccc3)CC2)C1. The number of carbonyl (C=O) groups is 3. The lowest BCUT2D eigenvalue weighted by Crippen LogP contribution is -2.54. The van der Waals surface area contributed by atoms with E-state index < -0.39 is 0 Å². The molecule has 0 aliphatic carbocycles. The molecular weight excluding hydrogens is 380 g/mol. The van der Waals surface area contributed by atoms with Crippen molar-refractivity contribution in [3.05, 3.63) is 35.9 Å². The third-order valence-electron chi connectivity index (χ3n) is 5.96.